The summed E-state index contributed by atoms with van der Waals surface area (Å²) in [5, 5.41) is 9.52. The fourth-order valence-electron chi connectivity index (χ4n) is 2.50. The first kappa shape index (κ1) is 14.0. The van der Waals surface area contributed by atoms with Crippen LogP contribution in [-0.4, -0.2) is 5.25 Å². The van der Waals surface area contributed by atoms with Crippen LogP contribution in [0.15, 0.2) is 33.6 Å². The smallest absolute Gasteiger partial charge is 0.0991 e. The van der Waals surface area contributed by atoms with Gasteiger partial charge in [-0.3, -0.25) is 0 Å². The third-order valence-corrected chi connectivity index (χ3v) is 5.35. The first-order valence-electron chi connectivity index (χ1n) is 6.61. The molecule has 0 heterocycles. The molecule has 2 rings (SSSR count). The van der Waals surface area contributed by atoms with Gasteiger partial charge in [0.2, 0.25) is 0 Å². The fourth-order valence-corrected chi connectivity index (χ4v) is 3.87. The van der Waals surface area contributed by atoms with Gasteiger partial charge in [-0.15, -0.1) is 11.8 Å². The average molecular weight is 324 g/mol. The van der Waals surface area contributed by atoms with Gasteiger partial charge in [0.25, 0.3) is 0 Å². The molecule has 0 spiro atoms. The topological polar surface area (TPSA) is 23.8 Å². The highest BCUT2D eigenvalue weighted by atomic mass is 79.9. The molecule has 3 heteroatoms. The third-order valence-electron chi connectivity index (χ3n) is 3.53. The zero-order valence-corrected chi connectivity index (χ0v) is 12.8. The number of hydrogen-bond acceptors (Lipinski definition) is 2. The van der Waals surface area contributed by atoms with Crippen LogP contribution in [0.4, 0.5) is 0 Å². The van der Waals surface area contributed by atoms with E-state index in [1.165, 1.54) is 43.4 Å². The molecule has 1 atom stereocenters. The van der Waals surface area contributed by atoms with Crippen LogP contribution < -0.4 is 0 Å². The Morgan fingerprint density at radius 1 is 1.11 bits per heavy atom. The molecular formula is C15H18BrNS. The second-order valence-corrected chi connectivity index (χ2v) is 7.00. The summed E-state index contributed by atoms with van der Waals surface area (Å²) in [6.45, 7) is 0. The number of benzene rings is 1. The SMILES string of the molecule is N#CC(Sc1ccc(Br)cc1)C1CCCCCC1. The van der Waals surface area contributed by atoms with E-state index in [0.717, 1.165) is 4.47 Å². The summed E-state index contributed by atoms with van der Waals surface area (Å²) in [4.78, 5) is 1.20. The van der Waals surface area contributed by atoms with Crippen molar-refractivity contribution < 1.29 is 0 Å². The van der Waals surface area contributed by atoms with Crippen molar-refractivity contribution in [1.29, 1.82) is 5.26 Å². The summed E-state index contributed by atoms with van der Waals surface area (Å²) in [6.07, 6.45) is 7.73. The van der Waals surface area contributed by atoms with Gasteiger partial charge in [0.1, 0.15) is 0 Å². The van der Waals surface area contributed by atoms with E-state index in [-0.39, 0.29) is 5.25 Å². The van der Waals surface area contributed by atoms with Crippen molar-refractivity contribution in [2.45, 2.75) is 48.7 Å². The van der Waals surface area contributed by atoms with E-state index in [4.69, 9.17) is 0 Å². The number of rotatable bonds is 3. The van der Waals surface area contributed by atoms with Crippen molar-refractivity contribution in [3.63, 3.8) is 0 Å². The number of hydrogen-bond donors (Lipinski definition) is 0. The van der Waals surface area contributed by atoms with Crippen LogP contribution in [-0.2, 0) is 0 Å². The lowest BCUT2D eigenvalue weighted by atomic mass is 9.97. The fraction of sp³-hybridized carbons (Fsp3) is 0.533. The van der Waals surface area contributed by atoms with Crippen LogP contribution in [0.1, 0.15) is 38.5 Å². The summed E-state index contributed by atoms with van der Waals surface area (Å²) in [5.74, 6) is 0.575. The molecule has 0 N–H and O–H groups in total. The van der Waals surface area contributed by atoms with E-state index in [0.29, 0.717) is 5.92 Å². The van der Waals surface area contributed by atoms with Crippen molar-refractivity contribution in [2.75, 3.05) is 0 Å². The molecule has 18 heavy (non-hydrogen) atoms. The van der Waals surface area contributed by atoms with Crippen LogP contribution in [0.25, 0.3) is 0 Å². The molecule has 1 saturated carbocycles. The maximum atomic E-state index is 9.41. The van der Waals surface area contributed by atoms with Crippen molar-refractivity contribution >= 4 is 27.7 Å². The van der Waals surface area contributed by atoms with Crippen molar-refractivity contribution in [3.05, 3.63) is 28.7 Å². The average Bonchev–Trinajstić information content (AvgIpc) is 2.67. The maximum Gasteiger partial charge on any atom is 0.0991 e. The molecule has 1 aliphatic rings. The lowest BCUT2D eigenvalue weighted by molar-refractivity contribution is 0.479. The Hall–Kier alpha value is -0.460. The molecule has 0 amide bonds. The quantitative estimate of drug-likeness (QED) is 0.549. The lowest BCUT2D eigenvalue weighted by Gasteiger charge is -2.19. The van der Waals surface area contributed by atoms with E-state index in [9.17, 15) is 5.26 Å². The Balaban J connectivity index is 2.00. The van der Waals surface area contributed by atoms with Crippen molar-refractivity contribution in [2.24, 2.45) is 5.92 Å². The molecule has 1 aromatic rings. The van der Waals surface area contributed by atoms with Gasteiger partial charge in [-0.05, 0) is 43.0 Å². The monoisotopic (exact) mass is 323 g/mol. The van der Waals surface area contributed by atoms with Crippen LogP contribution in [0.5, 0.6) is 0 Å². The predicted octanol–water partition coefficient (Wildman–Crippen LogP) is 5.40. The van der Waals surface area contributed by atoms with Gasteiger partial charge < -0.3 is 0 Å². The zero-order valence-electron chi connectivity index (χ0n) is 10.4. The summed E-state index contributed by atoms with van der Waals surface area (Å²) >= 11 is 5.17. The summed E-state index contributed by atoms with van der Waals surface area (Å²) in [5.41, 5.74) is 0. The van der Waals surface area contributed by atoms with Gasteiger partial charge in [0.15, 0.2) is 0 Å². The van der Waals surface area contributed by atoms with E-state index >= 15 is 0 Å². The Morgan fingerprint density at radius 2 is 1.72 bits per heavy atom. The minimum atomic E-state index is 0.115. The normalized spacial score (nSPS) is 18.9. The van der Waals surface area contributed by atoms with Gasteiger partial charge in [-0.2, -0.15) is 5.26 Å². The Bertz CT molecular complexity index is 401. The van der Waals surface area contributed by atoms with E-state index in [2.05, 4.69) is 34.1 Å². The minimum Gasteiger partial charge on any atom is -0.197 e. The maximum absolute atomic E-state index is 9.41. The summed E-state index contributed by atoms with van der Waals surface area (Å²) < 4.78 is 1.09. The number of nitrogens with zero attached hydrogens (tertiary/aromatic N) is 1. The van der Waals surface area contributed by atoms with Gasteiger partial charge in [-0.25, -0.2) is 0 Å². The molecule has 1 fully saturated rings. The number of thioether (sulfide) groups is 1. The highest BCUT2D eigenvalue weighted by Gasteiger charge is 2.23. The standard InChI is InChI=1S/C15H18BrNS/c16-13-7-9-14(10-8-13)18-15(11-17)12-5-3-1-2-4-6-12/h7-10,12,15H,1-6H2. The zero-order chi connectivity index (χ0) is 12.8. The minimum absolute atomic E-state index is 0.115. The molecule has 1 unspecified atom stereocenters. The molecule has 0 saturated heterocycles. The highest BCUT2D eigenvalue weighted by Crippen LogP contribution is 2.35. The van der Waals surface area contributed by atoms with Gasteiger partial charge in [-0.1, -0.05) is 41.6 Å². The summed E-state index contributed by atoms with van der Waals surface area (Å²) in [6, 6.07) is 10.8. The first-order chi connectivity index (χ1) is 8.79. The Morgan fingerprint density at radius 3 is 2.28 bits per heavy atom. The third kappa shape index (κ3) is 4.03. The molecule has 0 bridgehead atoms. The Labute approximate surface area is 122 Å². The van der Waals surface area contributed by atoms with E-state index < -0.39 is 0 Å². The van der Waals surface area contributed by atoms with E-state index in [1.54, 1.807) is 11.8 Å². The van der Waals surface area contributed by atoms with Gasteiger partial charge >= 0.3 is 0 Å². The van der Waals surface area contributed by atoms with Gasteiger partial charge in [0.05, 0.1) is 11.3 Å². The Kier molecular flexibility index (Phi) is 5.59. The van der Waals surface area contributed by atoms with Crippen LogP contribution in [0.2, 0.25) is 0 Å². The molecular weight excluding hydrogens is 306 g/mol. The van der Waals surface area contributed by atoms with Gasteiger partial charge in [0, 0.05) is 9.37 Å². The van der Waals surface area contributed by atoms with Crippen molar-refractivity contribution in [1.82, 2.24) is 0 Å². The van der Waals surface area contributed by atoms with Crippen molar-refractivity contribution in [3.8, 4) is 6.07 Å². The molecule has 1 nitrogen and oxygen atoms in total. The second kappa shape index (κ2) is 7.21. The van der Waals surface area contributed by atoms with Crippen LogP contribution in [0.3, 0.4) is 0 Å². The molecule has 0 aromatic heterocycles. The van der Waals surface area contributed by atoms with Crippen LogP contribution in [0, 0.1) is 17.2 Å². The molecule has 0 aliphatic heterocycles. The molecule has 1 aromatic carbocycles. The van der Waals surface area contributed by atoms with E-state index in [1.807, 2.05) is 12.1 Å². The lowest BCUT2D eigenvalue weighted by Crippen LogP contribution is -2.14. The first-order valence-corrected chi connectivity index (χ1v) is 8.28. The summed E-state index contributed by atoms with van der Waals surface area (Å²) in [7, 11) is 0. The predicted molar refractivity (Wildman–Crippen MR) is 80.6 cm³/mol. The number of nitriles is 1. The molecule has 96 valence electrons. The molecule has 0 radical (unpaired) electrons. The highest BCUT2D eigenvalue weighted by molar-refractivity contribution is 9.10. The largest absolute Gasteiger partial charge is 0.197 e. The van der Waals surface area contributed by atoms with Crippen LogP contribution >= 0.6 is 27.7 Å². The number of halogens is 1. The molecule has 1 aliphatic carbocycles. The second-order valence-electron chi connectivity index (χ2n) is 4.87.